The minimum absolute atomic E-state index is 0.623. The number of rotatable bonds is 12. The predicted molar refractivity (Wildman–Crippen MR) is 176 cm³/mol. The number of hydrogen-bond donors (Lipinski definition) is 2. The van der Waals surface area contributed by atoms with E-state index >= 15 is 0 Å². The highest BCUT2D eigenvalue weighted by Crippen LogP contribution is 2.13. The summed E-state index contributed by atoms with van der Waals surface area (Å²) in [5.41, 5.74) is 8.63. The Kier molecular flexibility index (Phi) is 23.0. The molecule has 38 heavy (non-hydrogen) atoms. The Morgan fingerprint density at radius 2 is 1.39 bits per heavy atom. The summed E-state index contributed by atoms with van der Waals surface area (Å²) >= 11 is 0. The van der Waals surface area contributed by atoms with Gasteiger partial charge in [-0.05, 0) is 94.5 Å². The van der Waals surface area contributed by atoms with Crippen molar-refractivity contribution in [1.82, 2.24) is 5.32 Å². The Morgan fingerprint density at radius 1 is 0.816 bits per heavy atom. The predicted octanol–water partition coefficient (Wildman–Crippen LogP) is 11.0. The van der Waals surface area contributed by atoms with Gasteiger partial charge in [0.25, 0.3) is 0 Å². The summed E-state index contributed by atoms with van der Waals surface area (Å²) in [7, 11) is 0. The Labute approximate surface area is 237 Å². The van der Waals surface area contributed by atoms with Crippen molar-refractivity contribution < 1.29 is 0 Å². The molecule has 0 heterocycles. The average Bonchev–Trinajstić information content (AvgIpc) is 2.89. The fourth-order valence-electron chi connectivity index (χ4n) is 3.64. The maximum Gasteiger partial charge on any atom is 0.0381 e. The second-order valence-corrected chi connectivity index (χ2v) is 10.1. The molecule has 0 saturated heterocycles. The molecule has 2 nitrogen and oxygen atoms in total. The van der Waals surface area contributed by atoms with E-state index in [1.165, 1.54) is 41.5 Å². The van der Waals surface area contributed by atoms with Crippen molar-refractivity contribution in [1.29, 1.82) is 0 Å². The van der Waals surface area contributed by atoms with E-state index in [9.17, 15) is 0 Å². The van der Waals surface area contributed by atoms with Crippen molar-refractivity contribution in [3.63, 3.8) is 0 Å². The van der Waals surface area contributed by atoms with Crippen molar-refractivity contribution in [3.05, 3.63) is 102 Å². The smallest absolute Gasteiger partial charge is 0.0381 e. The first-order valence-corrected chi connectivity index (χ1v) is 14.6. The molecule has 2 aromatic carbocycles. The molecule has 0 fully saturated rings. The Bertz CT molecular complexity index is 892. The maximum absolute atomic E-state index is 3.90. The van der Waals surface area contributed by atoms with E-state index in [-0.39, 0.29) is 0 Å². The van der Waals surface area contributed by atoms with Crippen LogP contribution in [0, 0.1) is 12.8 Å². The number of benzene rings is 2. The molecule has 2 N–H and O–H groups in total. The number of nitrogens with one attached hydrogen (secondary N) is 2. The molecule has 0 bridgehead atoms. The van der Waals surface area contributed by atoms with Crippen LogP contribution >= 0.6 is 0 Å². The summed E-state index contributed by atoms with van der Waals surface area (Å²) in [5.74, 6) is 0.821. The van der Waals surface area contributed by atoms with Crippen LogP contribution in [-0.4, -0.2) is 6.04 Å². The molecule has 2 heteroatoms. The summed E-state index contributed by atoms with van der Waals surface area (Å²) in [5, 5.41) is 6.56. The molecule has 0 amide bonds. The van der Waals surface area contributed by atoms with Crippen molar-refractivity contribution in [2.75, 3.05) is 5.32 Å². The first-order chi connectivity index (χ1) is 18.0. The van der Waals surface area contributed by atoms with Crippen molar-refractivity contribution in [3.8, 4) is 0 Å². The zero-order valence-corrected chi connectivity index (χ0v) is 26.6. The van der Waals surface area contributed by atoms with Gasteiger partial charge in [-0.1, -0.05) is 103 Å². The summed E-state index contributed by atoms with van der Waals surface area (Å²) < 4.78 is 0. The zero-order chi connectivity index (χ0) is 29.5. The van der Waals surface area contributed by atoms with E-state index in [0.29, 0.717) is 6.04 Å². The zero-order valence-electron chi connectivity index (χ0n) is 26.6. The van der Waals surface area contributed by atoms with Crippen molar-refractivity contribution in [2.24, 2.45) is 5.92 Å². The van der Waals surface area contributed by atoms with Gasteiger partial charge < -0.3 is 10.6 Å². The molecule has 0 spiro atoms. The standard InChI is InChI=1S/C12H16.C11H15N.C11H23N.C2H6/c1-10(2)8-9-12-7-5-4-6-11(12)3;1-4-10-5-7-11(8-6-10)12-9(2)3;1-6-10(5)8-11(7-2)12-9(3)4;1-2/h4-7H,1,8-9H2,2-3H3;5-8,12H,2,4H2,1,3H3;10-12H,3,6-8H2,1-2,4-5H3;1-2H3/t;;10-,11?;/m..1./s1. The van der Waals surface area contributed by atoms with Gasteiger partial charge in [0.15, 0.2) is 0 Å². The minimum Gasteiger partial charge on any atom is -0.386 e. The van der Waals surface area contributed by atoms with Crippen molar-refractivity contribution >= 4 is 5.69 Å². The first kappa shape index (κ1) is 37.4. The maximum atomic E-state index is 3.90. The molecule has 0 radical (unpaired) electrons. The van der Waals surface area contributed by atoms with E-state index < -0.39 is 0 Å². The summed E-state index contributed by atoms with van der Waals surface area (Å²) in [6.45, 7) is 32.7. The lowest BCUT2D eigenvalue weighted by Crippen LogP contribution is -2.28. The van der Waals surface area contributed by atoms with E-state index in [1.54, 1.807) is 0 Å². The van der Waals surface area contributed by atoms with Crippen LogP contribution in [0.25, 0.3) is 0 Å². The van der Waals surface area contributed by atoms with Gasteiger partial charge in [-0.3, -0.25) is 0 Å². The van der Waals surface area contributed by atoms with Crippen LogP contribution in [0.15, 0.2) is 85.2 Å². The number of hydrogen-bond acceptors (Lipinski definition) is 2. The van der Waals surface area contributed by atoms with Crippen LogP contribution in [0.4, 0.5) is 5.69 Å². The van der Waals surface area contributed by atoms with Gasteiger partial charge in [-0.15, -0.1) is 6.58 Å². The van der Waals surface area contributed by atoms with Crippen LogP contribution in [-0.2, 0) is 12.8 Å². The van der Waals surface area contributed by atoms with Gasteiger partial charge in [0.05, 0.1) is 0 Å². The molecule has 0 aliphatic rings. The fraction of sp³-hybridized carbons (Fsp3) is 0.500. The fourth-order valence-corrected chi connectivity index (χ4v) is 3.64. The van der Waals surface area contributed by atoms with Gasteiger partial charge in [0.1, 0.15) is 0 Å². The highest BCUT2D eigenvalue weighted by atomic mass is 14.9. The average molecular weight is 521 g/mol. The molecule has 2 atom stereocenters. The van der Waals surface area contributed by atoms with Crippen LogP contribution < -0.4 is 10.6 Å². The summed E-state index contributed by atoms with van der Waals surface area (Å²) in [6, 6.07) is 17.6. The van der Waals surface area contributed by atoms with Crippen LogP contribution in [0.1, 0.15) is 105 Å². The monoisotopic (exact) mass is 520 g/mol. The third-order valence-corrected chi connectivity index (χ3v) is 6.13. The Hall–Kier alpha value is -2.74. The molecule has 2 aromatic rings. The highest BCUT2D eigenvalue weighted by molar-refractivity contribution is 5.48. The lowest BCUT2D eigenvalue weighted by Gasteiger charge is -2.21. The molecule has 0 saturated carbocycles. The van der Waals surface area contributed by atoms with Gasteiger partial charge >= 0.3 is 0 Å². The van der Waals surface area contributed by atoms with E-state index in [0.717, 1.165) is 42.3 Å². The van der Waals surface area contributed by atoms with Gasteiger partial charge in [-0.25, -0.2) is 0 Å². The largest absolute Gasteiger partial charge is 0.386 e. The lowest BCUT2D eigenvalue weighted by atomic mass is 9.98. The topological polar surface area (TPSA) is 24.1 Å². The second kappa shape index (κ2) is 23.4. The van der Waals surface area contributed by atoms with Gasteiger partial charge in [0, 0.05) is 23.1 Å². The Balaban J connectivity index is 0. The SMILES string of the molecule is C=C(C)CCc1ccccc1C.C=C(C)NC(CC)C[C@H](C)CC.C=C(C)Nc1ccc(CC)cc1.CC. The van der Waals surface area contributed by atoms with Crippen LogP contribution in [0.5, 0.6) is 0 Å². The van der Waals surface area contributed by atoms with E-state index in [1.807, 2.05) is 27.7 Å². The van der Waals surface area contributed by atoms with Gasteiger partial charge in [-0.2, -0.15) is 0 Å². The second-order valence-electron chi connectivity index (χ2n) is 10.1. The number of anilines is 1. The Morgan fingerprint density at radius 3 is 1.82 bits per heavy atom. The minimum atomic E-state index is 0.623. The summed E-state index contributed by atoms with van der Waals surface area (Å²) in [4.78, 5) is 0. The quantitative estimate of drug-likeness (QED) is 0.272. The number of aryl methyl sites for hydroxylation is 3. The first-order valence-electron chi connectivity index (χ1n) is 14.6. The molecular weight excluding hydrogens is 460 g/mol. The summed E-state index contributed by atoms with van der Waals surface area (Å²) in [6.07, 6.45) is 7.05. The highest BCUT2D eigenvalue weighted by Gasteiger charge is 2.08. The van der Waals surface area contributed by atoms with Crippen LogP contribution in [0.2, 0.25) is 0 Å². The van der Waals surface area contributed by atoms with E-state index in [4.69, 9.17) is 0 Å². The molecule has 2 rings (SSSR count). The molecule has 0 aliphatic carbocycles. The van der Waals surface area contributed by atoms with Crippen LogP contribution in [0.3, 0.4) is 0 Å². The number of allylic oxidation sites excluding steroid dienone is 3. The molecule has 0 aromatic heterocycles. The van der Waals surface area contributed by atoms with Crippen molar-refractivity contribution in [2.45, 2.75) is 114 Å². The third kappa shape index (κ3) is 20.3. The lowest BCUT2D eigenvalue weighted by molar-refractivity contribution is 0.407. The molecular formula is C36H60N2. The van der Waals surface area contributed by atoms with E-state index in [2.05, 4.69) is 120 Å². The third-order valence-electron chi connectivity index (χ3n) is 6.13. The van der Waals surface area contributed by atoms with Gasteiger partial charge in [0.2, 0.25) is 0 Å². The molecule has 0 aliphatic heterocycles. The molecule has 214 valence electrons. The normalized spacial score (nSPS) is 11.1. The molecule has 1 unspecified atom stereocenters.